The molecule has 96 valence electrons. The molecule has 0 fully saturated rings. The number of carbonyl (C=O) groups is 1. The summed E-state index contributed by atoms with van der Waals surface area (Å²) in [5.74, 6) is 0. The van der Waals surface area contributed by atoms with Crippen molar-refractivity contribution in [2.45, 2.75) is 0 Å². The highest BCUT2D eigenvalue weighted by Crippen LogP contribution is 2.13. The van der Waals surface area contributed by atoms with Crippen molar-refractivity contribution >= 4 is 29.6 Å². The summed E-state index contributed by atoms with van der Waals surface area (Å²) >= 11 is 0. The van der Waals surface area contributed by atoms with Crippen LogP contribution in [-0.4, -0.2) is 16.2 Å². The summed E-state index contributed by atoms with van der Waals surface area (Å²) in [6.07, 6.45) is 5.72. The van der Waals surface area contributed by atoms with E-state index in [-0.39, 0.29) is 0 Å². The van der Waals surface area contributed by atoms with Gasteiger partial charge < -0.3 is 10.8 Å². The van der Waals surface area contributed by atoms with Crippen molar-refractivity contribution < 1.29 is 9.90 Å². The predicted octanol–water partition coefficient (Wildman–Crippen LogP) is 2.92. The molecule has 0 aliphatic heterocycles. The Morgan fingerprint density at radius 3 is 2.74 bits per heavy atom. The first-order chi connectivity index (χ1) is 9.13. The number of pyridine rings is 1. The number of nitrogens with zero attached hydrogens (tertiary/aromatic N) is 1. The number of hydrogen-bond donors (Lipinski definition) is 3. The van der Waals surface area contributed by atoms with E-state index in [0.717, 1.165) is 11.1 Å². The summed E-state index contributed by atoms with van der Waals surface area (Å²) in [4.78, 5) is 14.5. The Morgan fingerprint density at radius 1 is 1.21 bits per heavy atom. The number of aromatic nitrogens is 1. The Balaban J connectivity index is 2.16. The van der Waals surface area contributed by atoms with Crippen LogP contribution in [0.1, 0.15) is 11.1 Å². The smallest absolute Gasteiger partial charge is 0.409 e. The molecular weight excluding hydrogens is 242 g/mol. The Bertz CT molecular complexity index is 624. The van der Waals surface area contributed by atoms with Gasteiger partial charge in [0.25, 0.3) is 0 Å². The fourth-order valence-electron chi connectivity index (χ4n) is 1.60. The van der Waals surface area contributed by atoms with Gasteiger partial charge in [0, 0.05) is 11.9 Å². The minimum atomic E-state index is -1.11. The molecule has 2 aromatic rings. The third-order valence-corrected chi connectivity index (χ3v) is 2.39. The maximum absolute atomic E-state index is 10.5. The number of anilines is 2. The van der Waals surface area contributed by atoms with E-state index in [2.05, 4.69) is 10.3 Å². The first kappa shape index (κ1) is 12.6. The van der Waals surface area contributed by atoms with Gasteiger partial charge in [-0.05, 0) is 29.3 Å². The second-order valence-electron chi connectivity index (χ2n) is 3.94. The van der Waals surface area contributed by atoms with Gasteiger partial charge in [-0.2, -0.15) is 0 Å². The fraction of sp³-hybridized carbons (Fsp3) is 0. The Labute approximate surface area is 110 Å². The molecule has 0 saturated heterocycles. The van der Waals surface area contributed by atoms with E-state index >= 15 is 0 Å². The van der Waals surface area contributed by atoms with Gasteiger partial charge in [0.1, 0.15) is 0 Å². The van der Waals surface area contributed by atoms with Crippen LogP contribution in [0.2, 0.25) is 0 Å². The van der Waals surface area contributed by atoms with Crippen LogP contribution in [0.5, 0.6) is 0 Å². The molecule has 0 bridgehead atoms. The largest absolute Gasteiger partial charge is 0.465 e. The molecule has 0 saturated carbocycles. The van der Waals surface area contributed by atoms with E-state index in [9.17, 15) is 4.79 Å². The van der Waals surface area contributed by atoms with Gasteiger partial charge in [0.05, 0.1) is 11.9 Å². The number of rotatable bonds is 3. The third kappa shape index (κ3) is 3.85. The molecule has 5 nitrogen and oxygen atoms in total. The second-order valence-corrected chi connectivity index (χ2v) is 3.94. The van der Waals surface area contributed by atoms with Crippen molar-refractivity contribution in [2.75, 3.05) is 11.1 Å². The minimum absolute atomic E-state index is 0.433. The Hall–Kier alpha value is -2.82. The van der Waals surface area contributed by atoms with Crippen molar-refractivity contribution in [1.29, 1.82) is 0 Å². The van der Waals surface area contributed by atoms with Crippen LogP contribution in [0.3, 0.4) is 0 Å². The van der Waals surface area contributed by atoms with Crippen molar-refractivity contribution in [3.8, 4) is 0 Å². The van der Waals surface area contributed by atoms with Crippen LogP contribution < -0.4 is 11.1 Å². The maximum Gasteiger partial charge on any atom is 0.409 e. The molecule has 19 heavy (non-hydrogen) atoms. The molecule has 0 atom stereocenters. The van der Waals surface area contributed by atoms with E-state index in [4.69, 9.17) is 10.8 Å². The van der Waals surface area contributed by atoms with Crippen LogP contribution in [0.4, 0.5) is 16.2 Å². The number of nitrogens with two attached hydrogens (primary N) is 1. The van der Waals surface area contributed by atoms with E-state index in [1.807, 2.05) is 36.4 Å². The van der Waals surface area contributed by atoms with E-state index in [1.165, 1.54) is 6.20 Å². The van der Waals surface area contributed by atoms with E-state index in [0.29, 0.717) is 11.4 Å². The van der Waals surface area contributed by atoms with Gasteiger partial charge in [-0.25, -0.2) is 4.79 Å². The van der Waals surface area contributed by atoms with Gasteiger partial charge in [-0.15, -0.1) is 0 Å². The van der Waals surface area contributed by atoms with Crippen molar-refractivity contribution in [3.63, 3.8) is 0 Å². The number of hydrogen-bond acceptors (Lipinski definition) is 3. The zero-order valence-corrected chi connectivity index (χ0v) is 10.1. The first-order valence-electron chi connectivity index (χ1n) is 5.62. The number of amides is 1. The number of benzene rings is 1. The molecule has 0 radical (unpaired) electrons. The lowest BCUT2D eigenvalue weighted by Crippen LogP contribution is -2.07. The zero-order valence-electron chi connectivity index (χ0n) is 10.1. The SMILES string of the molecule is Nc1cccc(/C=C\c2cncc(NC(=O)O)c2)c1. The summed E-state index contributed by atoms with van der Waals surface area (Å²) < 4.78 is 0. The monoisotopic (exact) mass is 255 g/mol. The van der Waals surface area contributed by atoms with Crippen LogP contribution >= 0.6 is 0 Å². The highest BCUT2D eigenvalue weighted by molar-refractivity contribution is 5.83. The Kier molecular flexibility index (Phi) is 3.78. The zero-order chi connectivity index (χ0) is 13.7. The number of carboxylic acid groups (broad SMARTS) is 1. The average Bonchev–Trinajstić information content (AvgIpc) is 2.36. The first-order valence-corrected chi connectivity index (χ1v) is 5.62. The van der Waals surface area contributed by atoms with Crippen molar-refractivity contribution in [3.05, 3.63) is 53.9 Å². The third-order valence-electron chi connectivity index (χ3n) is 2.39. The molecule has 1 heterocycles. The van der Waals surface area contributed by atoms with Gasteiger partial charge in [0.2, 0.25) is 0 Å². The van der Waals surface area contributed by atoms with E-state index in [1.54, 1.807) is 12.3 Å². The van der Waals surface area contributed by atoms with Crippen LogP contribution in [0.25, 0.3) is 12.2 Å². The molecule has 0 unspecified atom stereocenters. The molecule has 5 heteroatoms. The van der Waals surface area contributed by atoms with Crippen LogP contribution in [0, 0.1) is 0 Å². The summed E-state index contributed by atoms with van der Waals surface area (Å²) in [6.45, 7) is 0. The summed E-state index contributed by atoms with van der Waals surface area (Å²) in [7, 11) is 0. The molecular formula is C14H13N3O2. The van der Waals surface area contributed by atoms with Crippen molar-refractivity contribution in [2.24, 2.45) is 0 Å². The molecule has 2 rings (SSSR count). The second kappa shape index (κ2) is 5.68. The van der Waals surface area contributed by atoms with Gasteiger partial charge in [0.15, 0.2) is 0 Å². The highest BCUT2D eigenvalue weighted by atomic mass is 16.4. The quantitative estimate of drug-likeness (QED) is 0.736. The topological polar surface area (TPSA) is 88.2 Å². The summed E-state index contributed by atoms with van der Waals surface area (Å²) in [5.41, 5.74) is 8.58. The molecule has 1 amide bonds. The normalized spacial score (nSPS) is 10.5. The van der Waals surface area contributed by atoms with Gasteiger partial charge >= 0.3 is 6.09 Å². The Morgan fingerprint density at radius 2 is 2.00 bits per heavy atom. The molecule has 0 spiro atoms. The molecule has 4 N–H and O–H groups in total. The fourth-order valence-corrected chi connectivity index (χ4v) is 1.60. The molecule has 1 aromatic heterocycles. The predicted molar refractivity (Wildman–Crippen MR) is 75.7 cm³/mol. The standard InChI is InChI=1S/C14H13N3O2/c15-12-3-1-2-10(6-12)4-5-11-7-13(9-16-8-11)17-14(18)19/h1-9,17H,15H2,(H,18,19)/b5-4-. The minimum Gasteiger partial charge on any atom is -0.465 e. The lowest BCUT2D eigenvalue weighted by Gasteiger charge is -2.01. The number of nitrogen functional groups attached to an aromatic ring is 1. The lowest BCUT2D eigenvalue weighted by molar-refractivity contribution is 0.209. The van der Waals surface area contributed by atoms with Crippen LogP contribution in [0.15, 0.2) is 42.7 Å². The number of nitrogens with one attached hydrogen (secondary N) is 1. The van der Waals surface area contributed by atoms with Gasteiger partial charge in [-0.3, -0.25) is 10.3 Å². The average molecular weight is 255 g/mol. The molecule has 1 aromatic carbocycles. The molecule has 0 aliphatic rings. The van der Waals surface area contributed by atoms with E-state index < -0.39 is 6.09 Å². The maximum atomic E-state index is 10.5. The van der Waals surface area contributed by atoms with Gasteiger partial charge in [-0.1, -0.05) is 24.3 Å². The molecule has 0 aliphatic carbocycles. The summed E-state index contributed by atoms with van der Waals surface area (Å²) in [6, 6.07) is 9.17. The van der Waals surface area contributed by atoms with Crippen LogP contribution in [-0.2, 0) is 0 Å². The lowest BCUT2D eigenvalue weighted by atomic mass is 10.1. The summed E-state index contributed by atoms with van der Waals surface area (Å²) in [5, 5.41) is 10.9. The van der Waals surface area contributed by atoms with Crippen molar-refractivity contribution in [1.82, 2.24) is 4.98 Å². The highest BCUT2D eigenvalue weighted by Gasteiger charge is 1.98.